The molecule has 2 N–H and O–H groups in total. The monoisotopic (exact) mass is 416 g/mol. The van der Waals surface area contributed by atoms with Crippen LogP contribution in [-0.4, -0.2) is 14.4 Å². The fraction of sp³-hybridized carbons (Fsp3) is 0.435. The maximum absolute atomic E-state index is 12.7. The van der Waals surface area contributed by atoms with Gasteiger partial charge in [-0.15, -0.1) is 0 Å². The predicted octanol–water partition coefficient (Wildman–Crippen LogP) is 5.74. The number of urea groups is 1. The summed E-state index contributed by atoms with van der Waals surface area (Å²) in [5.41, 5.74) is 3.55. The highest BCUT2D eigenvalue weighted by Crippen LogP contribution is 2.32. The molecular weight excluding hydrogens is 384 g/mol. The number of anilines is 1. The highest BCUT2D eigenvalue weighted by molar-refractivity contribution is 7.90. The van der Waals surface area contributed by atoms with Gasteiger partial charge in [0.05, 0.1) is 4.90 Å². The topological polar surface area (TPSA) is 75.3 Å². The highest BCUT2D eigenvalue weighted by Gasteiger charge is 2.22. The van der Waals surface area contributed by atoms with Crippen LogP contribution in [0.15, 0.2) is 47.4 Å². The first kappa shape index (κ1) is 22.9. The van der Waals surface area contributed by atoms with Gasteiger partial charge >= 0.3 is 6.03 Å². The molecule has 0 heterocycles. The van der Waals surface area contributed by atoms with E-state index in [-0.39, 0.29) is 22.1 Å². The largest absolute Gasteiger partial charge is 0.333 e. The maximum Gasteiger partial charge on any atom is 0.333 e. The molecule has 2 rings (SSSR count). The summed E-state index contributed by atoms with van der Waals surface area (Å²) >= 11 is 0. The van der Waals surface area contributed by atoms with Gasteiger partial charge in [0.25, 0.3) is 10.0 Å². The van der Waals surface area contributed by atoms with Gasteiger partial charge in [0, 0.05) is 5.69 Å². The maximum atomic E-state index is 12.7. The Kier molecular flexibility index (Phi) is 6.78. The minimum Gasteiger partial charge on any atom is -0.307 e. The van der Waals surface area contributed by atoms with E-state index in [1.165, 1.54) is 12.1 Å². The lowest BCUT2D eigenvalue weighted by Gasteiger charge is -2.21. The van der Waals surface area contributed by atoms with Gasteiger partial charge in [0.2, 0.25) is 0 Å². The van der Waals surface area contributed by atoms with Crippen LogP contribution in [0.3, 0.4) is 0 Å². The Morgan fingerprint density at radius 1 is 0.862 bits per heavy atom. The third-order valence-electron chi connectivity index (χ3n) is 4.87. The van der Waals surface area contributed by atoms with E-state index in [4.69, 9.17) is 0 Å². The average Bonchev–Trinajstić information content (AvgIpc) is 2.60. The van der Waals surface area contributed by atoms with E-state index >= 15 is 0 Å². The molecule has 5 nitrogen and oxygen atoms in total. The molecule has 0 radical (unpaired) electrons. The van der Waals surface area contributed by atoms with Crippen LogP contribution < -0.4 is 10.0 Å². The van der Waals surface area contributed by atoms with Crippen molar-refractivity contribution < 1.29 is 13.2 Å². The van der Waals surface area contributed by atoms with Crippen molar-refractivity contribution in [1.29, 1.82) is 0 Å². The van der Waals surface area contributed by atoms with Gasteiger partial charge in [-0.1, -0.05) is 78.8 Å². The number of benzene rings is 2. The Bertz CT molecular complexity index is 944. The lowest BCUT2D eigenvalue weighted by Crippen LogP contribution is -2.35. The molecule has 6 heteroatoms. The predicted molar refractivity (Wildman–Crippen MR) is 119 cm³/mol. The van der Waals surface area contributed by atoms with Crippen LogP contribution in [0.1, 0.15) is 77.0 Å². The van der Waals surface area contributed by atoms with E-state index in [0.717, 1.165) is 16.7 Å². The van der Waals surface area contributed by atoms with Crippen molar-refractivity contribution in [3.63, 3.8) is 0 Å². The van der Waals surface area contributed by atoms with Crippen LogP contribution in [0.5, 0.6) is 0 Å². The first-order valence-corrected chi connectivity index (χ1v) is 11.4. The molecule has 0 spiro atoms. The van der Waals surface area contributed by atoms with E-state index in [2.05, 4.69) is 30.8 Å². The summed E-state index contributed by atoms with van der Waals surface area (Å²) in [5.74, 6) is 0.371. The molecule has 0 saturated heterocycles. The van der Waals surface area contributed by atoms with Crippen molar-refractivity contribution in [2.45, 2.75) is 70.6 Å². The van der Waals surface area contributed by atoms with Gasteiger partial charge in [0.1, 0.15) is 0 Å². The Morgan fingerprint density at radius 2 is 1.34 bits per heavy atom. The summed E-state index contributed by atoms with van der Waals surface area (Å²) in [6, 6.07) is 11.7. The van der Waals surface area contributed by atoms with Crippen LogP contribution in [-0.2, 0) is 15.4 Å². The zero-order valence-corrected chi connectivity index (χ0v) is 19.1. The molecule has 0 bridgehead atoms. The zero-order valence-electron chi connectivity index (χ0n) is 18.3. The molecule has 0 aliphatic rings. The number of carbonyl (C=O) groups excluding carboxylic acids is 1. The summed E-state index contributed by atoms with van der Waals surface area (Å²) in [7, 11) is -3.97. The second kappa shape index (κ2) is 8.57. The molecule has 2 aromatic carbocycles. The van der Waals surface area contributed by atoms with Crippen molar-refractivity contribution in [1.82, 2.24) is 4.72 Å². The quantitative estimate of drug-likeness (QED) is 0.652. The van der Waals surface area contributed by atoms with E-state index in [0.29, 0.717) is 5.69 Å². The van der Waals surface area contributed by atoms with E-state index in [9.17, 15) is 13.2 Å². The molecule has 0 saturated carbocycles. The van der Waals surface area contributed by atoms with Crippen molar-refractivity contribution in [2.24, 2.45) is 0 Å². The molecule has 0 aromatic heterocycles. The molecule has 0 aliphatic carbocycles. The summed E-state index contributed by atoms with van der Waals surface area (Å²) in [6.45, 7) is 14.3. The molecule has 29 heavy (non-hydrogen) atoms. The van der Waals surface area contributed by atoms with Gasteiger partial charge in [-0.2, -0.15) is 0 Å². The van der Waals surface area contributed by atoms with Crippen LogP contribution in [0, 0.1) is 0 Å². The molecule has 0 aliphatic heterocycles. The Hall–Kier alpha value is -2.34. The molecule has 0 fully saturated rings. The van der Waals surface area contributed by atoms with Gasteiger partial charge in [-0.05, 0) is 46.1 Å². The Balaban J connectivity index is 2.27. The van der Waals surface area contributed by atoms with Gasteiger partial charge < -0.3 is 5.32 Å². The van der Waals surface area contributed by atoms with E-state index in [1.807, 2.05) is 45.9 Å². The molecule has 158 valence electrons. The van der Waals surface area contributed by atoms with Crippen LogP contribution in [0.2, 0.25) is 0 Å². The third-order valence-corrected chi connectivity index (χ3v) is 6.22. The summed E-state index contributed by atoms with van der Waals surface area (Å²) in [4.78, 5) is 12.6. The van der Waals surface area contributed by atoms with E-state index < -0.39 is 16.1 Å². The van der Waals surface area contributed by atoms with Gasteiger partial charge in [-0.3, -0.25) is 0 Å². The standard InChI is InChI=1S/C23H32N2O3S/c1-15(2)19-9-8-10-20(16(3)4)21(19)24-22(26)25-29(27,28)18-13-11-17(12-14-18)23(5,6)7/h8-16H,1-7H3,(H2,24,25,26). The second-order valence-corrected chi connectivity index (χ2v) is 10.6. The number of para-hydroxylation sites is 1. The summed E-state index contributed by atoms with van der Waals surface area (Å²) in [5, 5.41) is 2.77. The third kappa shape index (κ3) is 5.60. The molecule has 0 atom stereocenters. The van der Waals surface area contributed by atoms with Crippen LogP contribution >= 0.6 is 0 Å². The highest BCUT2D eigenvalue weighted by atomic mass is 32.2. The van der Waals surface area contributed by atoms with Crippen molar-refractivity contribution in [3.8, 4) is 0 Å². The average molecular weight is 417 g/mol. The SMILES string of the molecule is CC(C)c1cccc(C(C)C)c1NC(=O)NS(=O)(=O)c1ccc(C(C)(C)C)cc1. The first-order chi connectivity index (χ1) is 13.3. The number of carbonyl (C=O) groups is 1. The lowest BCUT2D eigenvalue weighted by molar-refractivity contribution is 0.256. The molecule has 2 amide bonds. The number of rotatable bonds is 5. The van der Waals surface area contributed by atoms with Gasteiger partial charge in [0.15, 0.2) is 0 Å². The molecule has 2 aromatic rings. The Labute approximate surface area is 175 Å². The van der Waals surface area contributed by atoms with E-state index in [1.54, 1.807) is 12.1 Å². The molecule has 0 unspecified atom stereocenters. The minimum atomic E-state index is -3.97. The summed E-state index contributed by atoms with van der Waals surface area (Å²) in [6.07, 6.45) is 0. The smallest absolute Gasteiger partial charge is 0.307 e. The number of nitrogens with one attached hydrogen (secondary N) is 2. The Morgan fingerprint density at radius 3 is 1.76 bits per heavy atom. The van der Waals surface area contributed by atoms with Crippen molar-refractivity contribution in [3.05, 3.63) is 59.2 Å². The van der Waals surface area contributed by atoms with Crippen LogP contribution in [0.25, 0.3) is 0 Å². The fourth-order valence-corrected chi connectivity index (χ4v) is 4.06. The number of amides is 2. The second-order valence-electron chi connectivity index (χ2n) is 8.95. The summed E-state index contributed by atoms with van der Waals surface area (Å²) < 4.78 is 27.5. The number of hydrogen-bond acceptors (Lipinski definition) is 3. The molecular formula is C23H32N2O3S. The fourth-order valence-electron chi connectivity index (χ4n) is 3.15. The van der Waals surface area contributed by atoms with Gasteiger partial charge in [-0.25, -0.2) is 17.9 Å². The zero-order chi connectivity index (χ0) is 22.0. The first-order valence-electron chi connectivity index (χ1n) is 9.90. The van der Waals surface area contributed by atoms with Crippen molar-refractivity contribution >= 4 is 21.7 Å². The number of hydrogen-bond donors (Lipinski definition) is 2. The normalized spacial score (nSPS) is 12.3. The minimum absolute atomic E-state index is 0.0573. The van der Waals surface area contributed by atoms with Crippen LogP contribution in [0.4, 0.5) is 10.5 Å². The van der Waals surface area contributed by atoms with Crippen molar-refractivity contribution in [2.75, 3.05) is 5.32 Å². The lowest BCUT2D eigenvalue weighted by atomic mass is 9.87. The number of sulfonamides is 1.